The standard InChI is InChI=1S/C20H15ClN6O2S/c21-12-4-3-5-13(8-12)27-18-15(10-23-27)19(29)26-14(11-30-20(26)25-18)9-17(28)24-16-6-1-2-7-22-16/h1-8,10,14H,9,11H2,(H,22,24,28)/t14-/m1/s1. The minimum atomic E-state index is -0.285. The van der Waals surface area contributed by atoms with E-state index in [0.717, 1.165) is 5.69 Å². The van der Waals surface area contributed by atoms with Crippen LogP contribution in [0.25, 0.3) is 16.7 Å². The fourth-order valence-electron chi connectivity index (χ4n) is 3.42. The molecule has 0 spiro atoms. The van der Waals surface area contributed by atoms with Gasteiger partial charge in [0.25, 0.3) is 5.56 Å². The van der Waals surface area contributed by atoms with Gasteiger partial charge in [-0.1, -0.05) is 35.5 Å². The highest BCUT2D eigenvalue weighted by atomic mass is 35.5. The molecule has 1 atom stereocenters. The minimum absolute atomic E-state index is 0.159. The number of hydrogen-bond donors (Lipinski definition) is 1. The van der Waals surface area contributed by atoms with E-state index >= 15 is 0 Å². The maximum Gasteiger partial charge on any atom is 0.265 e. The summed E-state index contributed by atoms with van der Waals surface area (Å²) in [6.45, 7) is 0. The Morgan fingerprint density at radius 3 is 2.97 bits per heavy atom. The van der Waals surface area contributed by atoms with Crippen LogP contribution in [-0.2, 0) is 4.79 Å². The van der Waals surface area contributed by atoms with Crippen LogP contribution >= 0.6 is 23.4 Å². The van der Waals surface area contributed by atoms with Crippen molar-refractivity contribution < 1.29 is 4.79 Å². The highest BCUT2D eigenvalue weighted by Gasteiger charge is 2.29. The van der Waals surface area contributed by atoms with Crippen molar-refractivity contribution in [1.82, 2.24) is 24.3 Å². The number of amides is 1. The van der Waals surface area contributed by atoms with E-state index in [2.05, 4.69) is 20.4 Å². The van der Waals surface area contributed by atoms with E-state index in [-0.39, 0.29) is 23.9 Å². The van der Waals surface area contributed by atoms with Crippen molar-refractivity contribution in [2.24, 2.45) is 0 Å². The van der Waals surface area contributed by atoms with E-state index in [1.807, 2.05) is 12.1 Å². The summed E-state index contributed by atoms with van der Waals surface area (Å²) in [5.74, 6) is 0.876. The Morgan fingerprint density at radius 2 is 2.17 bits per heavy atom. The van der Waals surface area contributed by atoms with Crippen molar-refractivity contribution in [3.05, 3.63) is 70.2 Å². The average molecular weight is 439 g/mol. The summed E-state index contributed by atoms with van der Waals surface area (Å²) in [5.41, 5.74) is 0.993. The third-order valence-corrected chi connectivity index (χ3v) is 6.11. The lowest BCUT2D eigenvalue weighted by Crippen LogP contribution is -2.27. The third kappa shape index (κ3) is 3.35. The van der Waals surface area contributed by atoms with Crippen LogP contribution in [0.5, 0.6) is 0 Å². The SMILES string of the molecule is O=C(C[C@@H]1CSc2nc3c(cnn3-c3cccc(Cl)c3)c(=O)n21)Nc1ccccn1. The number of hydrogen-bond acceptors (Lipinski definition) is 6. The topological polar surface area (TPSA) is 94.7 Å². The first-order valence-corrected chi connectivity index (χ1v) is 10.6. The number of carbonyl (C=O) groups is 1. The van der Waals surface area contributed by atoms with Crippen LogP contribution < -0.4 is 10.9 Å². The average Bonchev–Trinajstić information content (AvgIpc) is 3.34. The Labute approximate surface area is 179 Å². The fraction of sp³-hybridized carbons (Fsp3) is 0.150. The van der Waals surface area contributed by atoms with Crippen LogP contribution in [0.2, 0.25) is 5.02 Å². The van der Waals surface area contributed by atoms with Crippen LogP contribution in [0, 0.1) is 0 Å². The van der Waals surface area contributed by atoms with E-state index in [1.54, 1.807) is 45.8 Å². The predicted molar refractivity (Wildman–Crippen MR) is 115 cm³/mol. The van der Waals surface area contributed by atoms with E-state index in [1.165, 1.54) is 18.0 Å². The summed E-state index contributed by atoms with van der Waals surface area (Å²) < 4.78 is 3.19. The second kappa shape index (κ2) is 7.58. The molecule has 30 heavy (non-hydrogen) atoms. The quantitative estimate of drug-likeness (QED) is 0.491. The number of carbonyl (C=O) groups excluding carboxylic acids is 1. The molecular formula is C20H15ClN6O2S. The molecule has 1 aliphatic rings. The number of fused-ring (bicyclic) bond motifs is 2. The summed E-state index contributed by atoms with van der Waals surface area (Å²) in [6.07, 6.45) is 3.28. The number of benzene rings is 1. The first-order valence-electron chi connectivity index (χ1n) is 9.20. The molecule has 0 fully saturated rings. The summed E-state index contributed by atoms with van der Waals surface area (Å²) in [5, 5.41) is 8.65. The van der Waals surface area contributed by atoms with Gasteiger partial charge in [-0.3, -0.25) is 14.2 Å². The molecule has 4 aromatic rings. The van der Waals surface area contributed by atoms with Crippen LogP contribution in [-0.4, -0.2) is 36.0 Å². The fourth-order valence-corrected chi connectivity index (χ4v) is 4.74. The van der Waals surface area contributed by atoms with Crippen molar-refractivity contribution in [1.29, 1.82) is 0 Å². The number of thioether (sulfide) groups is 1. The van der Waals surface area contributed by atoms with Gasteiger partial charge >= 0.3 is 0 Å². The molecule has 0 radical (unpaired) electrons. The Hall–Kier alpha value is -3.17. The van der Waals surface area contributed by atoms with Crippen LogP contribution in [0.4, 0.5) is 5.82 Å². The Kier molecular flexibility index (Phi) is 4.76. The molecule has 10 heteroatoms. The van der Waals surface area contributed by atoms with Crippen LogP contribution in [0.15, 0.2) is 64.8 Å². The Morgan fingerprint density at radius 1 is 1.27 bits per heavy atom. The number of anilines is 1. The minimum Gasteiger partial charge on any atom is -0.311 e. The second-order valence-electron chi connectivity index (χ2n) is 6.78. The molecule has 0 aliphatic carbocycles. The van der Waals surface area contributed by atoms with Gasteiger partial charge in [0.05, 0.1) is 17.9 Å². The number of aromatic nitrogens is 5. The van der Waals surface area contributed by atoms with Crippen LogP contribution in [0.3, 0.4) is 0 Å². The van der Waals surface area contributed by atoms with Crippen molar-refractivity contribution in [2.45, 2.75) is 17.6 Å². The lowest BCUT2D eigenvalue weighted by molar-refractivity contribution is -0.116. The molecule has 1 aromatic carbocycles. The Bertz CT molecular complexity index is 1320. The normalized spacial score (nSPS) is 15.3. The summed E-state index contributed by atoms with van der Waals surface area (Å²) in [7, 11) is 0. The van der Waals surface area contributed by atoms with E-state index in [0.29, 0.717) is 32.8 Å². The zero-order valence-electron chi connectivity index (χ0n) is 15.5. The molecule has 5 rings (SSSR count). The number of pyridine rings is 1. The summed E-state index contributed by atoms with van der Waals surface area (Å²) >= 11 is 7.54. The van der Waals surface area contributed by atoms with Crippen molar-refractivity contribution >= 4 is 46.1 Å². The molecule has 0 bridgehead atoms. The van der Waals surface area contributed by atoms with Gasteiger partial charge in [-0.05, 0) is 30.3 Å². The van der Waals surface area contributed by atoms with Gasteiger partial charge in [0.1, 0.15) is 11.2 Å². The molecule has 4 heterocycles. The molecule has 0 unspecified atom stereocenters. The molecule has 0 saturated carbocycles. The first kappa shape index (κ1) is 18.8. The number of nitrogens with one attached hydrogen (secondary N) is 1. The van der Waals surface area contributed by atoms with E-state index in [4.69, 9.17) is 11.6 Å². The predicted octanol–water partition coefficient (Wildman–Crippen LogP) is 3.31. The second-order valence-corrected chi connectivity index (χ2v) is 8.20. The maximum absolute atomic E-state index is 13.2. The van der Waals surface area contributed by atoms with Gasteiger partial charge in [0.15, 0.2) is 10.8 Å². The zero-order chi connectivity index (χ0) is 20.7. The van der Waals surface area contributed by atoms with Crippen molar-refractivity contribution in [2.75, 3.05) is 11.1 Å². The van der Waals surface area contributed by atoms with Crippen molar-refractivity contribution in [3.8, 4) is 5.69 Å². The lowest BCUT2D eigenvalue weighted by Gasteiger charge is -2.13. The van der Waals surface area contributed by atoms with Gasteiger partial charge in [0, 0.05) is 23.4 Å². The molecule has 8 nitrogen and oxygen atoms in total. The first-order chi connectivity index (χ1) is 14.6. The highest BCUT2D eigenvalue weighted by molar-refractivity contribution is 7.99. The Balaban J connectivity index is 1.47. The molecule has 150 valence electrons. The molecule has 1 N–H and O–H groups in total. The zero-order valence-corrected chi connectivity index (χ0v) is 17.1. The molecule has 0 saturated heterocycles. The largest absolute Gasteiger partial charge is 0.311 e. The lowest BCUT2D eigenvalue weighted by atomic mass is 10.2. The molecule has 1 aliphatic heterocycles. The van der Waals surface area contributed by atoms with E-state index < -0.39 is 0 Å². The van der Waals surface area contributed by atoms with Gasteiger partial charge in [0.2, 0.25) is 5.91 Å². The third-order valence-electron chi connectivity index (χ3n) is 4.78. The van der Waals surface area contributed by atoms with Gasteiger partial charge in [-0.15, -0.1) is 0 Å². The van der Waals surface area contributed by atoms with Crippen LogP contribution in [0.1, 0.15) is 12.5 Å². The monoisotopic (exact) mass is 438 g/mol. The van der Waals surface area contributed by atoms with E-state index in [9.17, 15) is 9.59 Å². The van der Waals surface area contributed by atoms with Crippen molar-refractivity contribution in [3.63, 3.8) is 0 Å². The van der Waals surface area contributed by atoms with Gasteiger partial charge < -0.3 is 5.32 Å². The summed E-state index contributed by atoms with van der Waals surface area (Å²) in [6, 6.07) is 12.2. The number of rotatable bonds is 4. The molecule has 1 amide bonds. The smallest absolute Gasteiger partial charge is 0.265 e. The number of nitrogens with zero attached hydrogens (tertiary/aromatic N) is 5. The van der Waals surface area contributed by atoms with Gasteiger partial charge in [-0.2, -0.15) is 5.10 Å². The molecular weight excluding hydrogens is 424 g/mol. The number of halogens is 1. The molecule has 3 aromatic heterocycles. The highest BCUT2D eigenvalue weighted by Crippen LogP contribution is 2.33. The maximum atomic E-state index is 13.2. The van der Waals surface area contributed by atoms with Gasteiger partial charge in [-0.25, -0.2) is 14.6 Å². The summed E-state index contributed by atoms with van der Waals surface area (Å²) in [4.78, 5) is 34.4.